The molecule has 0 radical (unpaired) electrons. The second kappa shape index (κ2) is 5.61. The van der Waals surface area contributed by atoms with Crippen LogP contribution >= 0.6 is 0 Å². The van der Waals surface area contributed by atoms with Crippen molar-refractivity contribution >= 4 is 12.6 Å². The molecular formula is C19H30BNO2. The zero-order valence-electron chi connectivity index (χ0n) is 15.5. The second-order valence-electron chi connectivity index (χ2n) is 8.67. The molecule has 1 aromatic carbocycles. The summed E-state index contributed by atoms with van der Waals surface area (Å²) in [6, 6.07) is 8.69. The van der Waals surface area contributed by atoms with Crippen LogP contribution in [0.1, 0.15) is 59.9 Å². The van der Waals surface area contributed by atoms with Crippen LogP contribution in [0.25, 0.3) is 0 Å². The van der Waals surface area contributed by atoms with Gasteiger partial charge in [-0.2, -0.15) is 0 Å². The lowest BCUT2D eigenvalue weighted by Crippen LogP contribution is -2.41. The molecular weight excluding hydrogens is 285 g/mol. The van der Waals surface area contributed by atoms with Crippen molar-refractivity contribution in [2.45, 2.75) is 77.7 Å². The molecule has 0 aromatic heterocycles. The van der Waals surface area contributed by atoms with Gasteiger partial charge in [0.1, 0.15) is 0 Å². The van der Waals surface area contributed by atoms with Gasteiger partial charge in [0.15, 0.2) is 0 Å². The first-order chi connectivity index (χ1) is 10.6. The predicted molar refractivity (Wildman–Crippen MR) is 95.9 cm³/mol. The topological polar surface area (TPSA) is 21.7 Å². The highest BCUT2D eigenvalue weighted by molar-refractivity contribution is 6.62. The normalized spacial score (nSPS) is 25.9. The Balaban J connectivity index is 1.76. The fourth-order valence-electron chi connectivity index (χ4n) is 3.49. The average molecular weight is 315 g/mol. The summed E-state index contributed by atoms with van der Waals surface area (Å²) in [4.78, 5) is 2.58. The van der Waals surface area contributed by atoms with E-state index in [9.17, 15) is 0 Å². The van der Waals surface area contributed by atoms with Gasteiger partial charge in [0.25, 0.3) is 0 Å². The maximum Gasteiger partial charge on any atom is 0.494 e. The van der Waals surface area contributed by atoms with Crippen molar-refractivity contribution in [3.05, 3.63) is 29.8 Å². The maximum absolute atomic E-state index is 6.18. The summed E-state index contributed by atoms with van der Waals surface area (Å²) in [5, 5.41) is 0. The van der Waals surface area contributed by atoms with Gasteiger partial charge < -0.3 is 9.31 Å². The second-order valence-corrected chi connectivity index (χ2v) is 8.67. The van der Waals surface area contributed by atoms with Gasteiger partial charge in [0.05, 0.1) is 11.2 Å². The quantitative estimate of drug-likeness (QED) is 0.799. The molecule has 1 aromatic rings. The average Bonchev–Trinajstić information content (AvgIpc) is 2.87. The highest BCUT2D eigenvalue weighted by Crippen LogP contribution is 2.36. The first kappa shape index (κ1) is 17.0. The molecule has 0 N–H and O–H groups in total. The largest absolute Gasteiger partial charge is 0.494 e. The molecule has 23 heavy (non-hydrogen) atoms. The third-order valence-corrected chi connectivity index (χ3v) is 5.92. The summed E-state index contributed by atoms with van der Waals surface area (Å²) >= 11 is 0. The van der Waals surface area contributed by atoms with E-state index >= 15 is 0 Å². The van der Waals surface area contributed by atoms with Crippen molar-refractivity contribution in [1.82, 2.24) is 4.90 Å². The highest BCUT2D eigenvalue weighted by atomic mass is 16.7. The Bertz CT molecular complexity index is 566. The van der Waals surface area contributed by atoms with Crippen LogP contribution < -0.4 is 5.46 Å². The summed E-state index contributed by atoms with van der Waals surface area (Å²) in [5.74, 6) is 0. The Hall–Kier alpha value is -0.835. The van der Waals surface area contributed by atoms with E-state index in [1.807, 2.05) is 0 Å². The summed E-state index contributed by atoms with van der Waals surface area (Å²) in [6.07, 6.45) is 2.58. The number of benzene rings is 1. The lowest BCUT2D eigenvalue weighted by atomic mass is 9.78. The van der Waals surface area contributed by atoms with Crippen molar-refractivity contribution < 1.29 is 9.31 Å². The molecule has 2 fully saturated rings. The molecule has 0 aliphatic carbocycles. The molecule has 2 saturated heterocycles. The van der Waals surface area contributed by atoms with Crippen molar-refractivity contribution in [1.29, 1.82) is 0 Å². The van der Waals surface area contributed by atoms with E-state index in [4.69, 9.17) is 9.31 Å². The first-order valence-electron chi connectivity index (χ1n) is 8.80. The van der Waals surface area contributed by atoms with Crippen LogP contribution in [0.3, 0.4) is 0 Å². The van der Waals surface area contributed by atoms with Crippen LogP contribution in [0.5, 0.6) is 0 Å². The predicted octanol–water partition coefficient (Wildman–Crippen LogP) is 3.36. The van der Waals surface area contributed by atoms with Gasteiger partial charge >= 0.3 is 7.12 Å². The summed E-state index contributed by atoms with van der Waals surface area (Å²) in [5.41, 5.74) is 2.19. The number of hydrogen-bond acceptors (Lipinski definition) is 3. The van der Waals surface area contributed by atoms with E-state index in [0.717, 1.165) is 12.0 Å². The first-order valence-corrected chi connectivity index (χ1v) is 8.80. The van der Waals surface area contributed by atoms with Crippen molar-refractivity contribution in [2.75, 3.05) is 6.54 Å². The molecule has 3 rings (SSSR count). The number of nitrogens with zero attached hydrogens (tertiary/aromatic N) is 1. The van der Waals surface area contributed by atoms with E-state index < -0.39 is 0 Å². The summed E-state index contributed by atoms with van der Waals surface area (Å²) in [6.45, 7) is 15.3. The molecule has 126 valence electrons. The third-order valence-electron chi connectivity index (χ3n) is 5.92. The van der Waals surface area contributed by atoms with Gasteiger partial charge in [-0.25, -0.2) is 0 Å². The summed E-state index contributed by atoms with van der Waals surface area (Å²) in [7, 11) is -0.272. The molecule has 2 aliphatic rings. The highest BCUT2D eigenvalue weighted by Gasteiger charge is 2.51. The number of rotatable bonds is 3. The Morgan fingerprint density at radius 3 is 2.26 bits per heavy atom. The van der Waals surface area contributed by atoms with Gasteiger partial charge in [-0.1, -0.05) is 24.3 Å². The van der Waals surface area contributed by atoms with Crippen molar-refractivity contribution in [2.24, 2.45) is 0 Å². The Kier molecular flexibility index (Phi) is 4.15. The third kappa shape index (κ3) is 3.22. The Morgan fingerprint density at radius 1 is 1.04 bits per heavy atom. The molecule has 0 saturated carbocycles. The van der Waals surface area contributed by atoms with Gasteiger partial charge in [-0.05, 0) is 72.0 Å². The molecule has 2 aliphatic heterocycles. The van der Waals surface area contributed by atoms with Gasteiger partial charge in [-0.15, -0.1) is 0 Å². The Morgan fingerprint density at radius 2 is 1.70 bits per heavy atom. The minimum atomic E-state index is -0.287. The van der Waals surface area contributed by atoms with Crippen LogP contribution in [0.2, 0.25) is 0 Å². The van der Waals surface area contributed by atoms with E-state index in [-0.39, 0.29) is 18.3 Å². The van der Waals surface area contributed by atoms with Crippen LogP contribution in [-0.2, 0) is 15.9 Å². The zero-order valence-corrected chi connectivity index (χ0v) is 15.5. The number of hydrogen-bond donors (Lipinski definition) is 0. The molecule has 0 spiro atoms. The molecule has 3 nitrogen and oxygen atoms in total. The molecule has 0 amide bonds. The van der Waals surface area contributed by atoms with Crippen LogP contribution in [0.4, 0.5) is 0 Å². The van der Waals surface area contributed by atoms with Crippen LogP contribution in [0, 0.1) is 0 Å². The molecule has 4 heteroatoms. The van der Waals surface area contributed by atoms with Crippen molar-refractivity contribution in [3.63, 3.8) is 0 Å². The van der Waals surface area contributed by atoms with Crippen LogP contribution in [0.15, 0.2) is 24.3 Å². The fourth-order valence-corrected chi connectivity index (χ4v) is 3.49. The van der Waals surface area contributed by atoms with E-state index in [1.165, 1.54) is 24.9 Å². The van der Waals surface area contributed by atoms with E-state index in [2.05, 4.69) is 70.7 Å². The van der Waals surface area contributed by atoms with Gasteiger partial charge in [-0.3, -0.25) is 4.90 Å². The fraction of sp³-hybridized carbons (Fsp3) is 0.684. The smallest absolute Gasteiger partial charge is 0.399 e. The van der Waals surface area contributed by atoms with Crippen LogP contribution in [-0.4, -0.2) is 35.3 Å². The molecule has 0 atom stereocenters. The van der Waals surface area contributed by atoms with Gasteiger partial charge in [0.2, 0.25) is 0 Å². The van der Waals surface area contributed by atoms with Crippen molar-refractivity contribution in [3.8, 4) is 0 Å². The summed E-state index contributed by atoms with van der Waals surface area (Å²) < 4.78 is 12.4. The lowest BCUT2D eigenvalue weighted by Gasteiger charge is -2.32. The van der Waals surface area contributed by atoms with Gasteiger partial charge in [0, 0.05) is 12.1 Å². The minimum Gasteiger partial charge on any atom is -0.399 e. The van der Waals surface area contributed by atoms with E-state index in [1.54, 1.807) is 0 Å². The zero-order chi connectivity index (χ0) is 16.9. The minimum absolute atomic E-state index is 0.272. The monoisotopic (exact) mass is 315 g/mol. The Labute approximate surface area is 141 Å². The molecule has 2 heterocycles. The standard InChI is InChI=1S/C19H30BNO2/c1-17(2)11-8-12-21(17)14-15-9-7-10-16(13-15)20-22-18(3,4)19(5,6)23-20/h7,9-10,13H,8,11-12,14H2,1-6H3. The lowest BCUT2D eigenvalue weighted by molar-refractivity contribution is 0.00578. The van der Waals surface area contributed by atoms with E-state index in [0.29, 0.717) is 5.54 Å². The number of likely N-dealkylation sites (tertiary alicyclic amines) is 1. The SMILES string of the molecule is CC1(C)CCCN1Cc1cccc(B2OC(C)(C)C(C)(C)O2)c1. The maximum atomic E-state index is 6.18. The molecule has 0 bridgehead atoms. The molecule has 0 unspecified atom stereocenters.